The third kappa shape index (κ3) is 2.59. The quantitative estimate of drug-likeness (QED) is 0.843. The summed E-state index contributed by atoms with van der Waals surface area (Å²) in [7, 11) is 0. The normalized spacial score (nSPS) is 19.5. The second kappa shape index (κ2) is 4.63. The van der Waals surface area contributed by atoms with E-state index in [0.717, 1.165) is 32.2 Å². The second-order valence-electron chi connectivity index (χ2n) is 4.77. The molecule has 1 fully saturated rings. The molecule has 0 bridgehead atoms. The van der Waals surface area contributed by atoms with E-state index in [-0.39, 0.29) is 11.8 Å². The van der Waals surface area contributed by atoms with Crippen molar-refractivity contribution in [3.8, 4) is 0 Å². The number of rotatable bonds is 4. The molecule has 1 aromatic heterocycles. The highest BCUT2D eigenvalue weighted by atomic mass is 16.4. The van der Waals surface area contributed by atoms with Gasteiger partial charge in [0, 0.05) is 6.54 Å². The Morgan fingerprint density at radius 1 is 1.25 bits per heavy atom. The number of carboxylic acids is 1. The van der Waals surface area contributed by atoms with Crippen LogP contribution in [-0.4, -0.2) is 25.8 Å². The van der Waals surface area contributed by atoms with Crippen LogP contribution in [0.3, 0.4) is 0 Å². The van der Waals surface area contributed by atoms with Crippen molar-refractivity contribution >= 4 is 5.97 Å². The van der Waals surface area contributed by atoms with Crippen LogP contribution in [0.5, 0.6) is 0 Å². The number of carboxylic acid groups (broad SMARTS) is 1. The maximum Gasteiger partial charge on any atom is 0.303 e. The molecule has 2 rings (SSSR count). The zero-order valence-electron chi connectivity index (χ0n) is 9.30. The van der Waals surface area contributed by atoms with Crippen LogP contribution in [0.2, 0.25) is 0 Å². The smallest absolute Gasteiger partial charge is 0.303 e. The van der Waals surface area contributed by atoms with Gasteiger partial charge in [-0.25, -0.2) is 0 Å². The maximum absolute atomic E-state index is 11.0. The van der Waals surface area contributed by atoms with Gasteiger partial charge in [0.1, 0.15) is 12.7 Å². The molecule has 1 saturated carbocycles. The Morgan fingerprint density at radius 3 is 2.44 bits per heavy atom. The fourth-order valence-electron chi connectivity index (χ4n) is 2.70. The van der Waals surface area contributed by atoms with Gasteiger partial charge in [0.25, 0.3) is 0 Å². The first-order chi connectivity index (χ1) is 7.70. The molecule has 1 aromatic rings. The molecule has 1 aliphatic rings. The average molecular weight is 223 g/mol. The molecule has 1 aliphatic carbocycles. The Hall–Kier alpha value is -1.39. The molecular weight excluding hydrogens is 206 g/mol. The van der Waals surface area contributed by atoms with E-state index in [0.29, 0.717) is 0 Å². The third-order valence-electron chi connectivity index (χ3n) is 3.43. The largest absolute Gasteiger partial charge is 0.481 e. The number of hydrogen-bond acceptors (Lipinski definition) is 3. The minimum Gasteiger partial charge on any atom is -0.481 e. The monoisotopic (exact) mass is 223 g/mol. The summed E-state index contributed by atoms with van der Waals surface area (Å²) in [6.45, 7) is 0.728. The van der Waals surface area contributed by atoms with Gasteiger partial charge in [0.2, 0.25) is 0 Å². The zero-order valence-corrected chi connectivity index (χ0v) is 9.30. The lowest BCUT2D eigenvalue weighted by Gasteiger charge is -2.36. The van der Waals surface area contributed by atoms with Crippen LogP contribution in [0.25, 0.3) is 0 Å². The Bertz CT molecular complexity index is 342. The van der Waals surface area contributed by atoms with Crippen molar-refractivity contribution in [3.63, 3.8) is 0 Å². The Kier molecular flexibility index (Phi) is 3.22. The highest BCUT2D eigenvalue weighted by Crippen LogP contribution is 2.40. The molecular formula is C11H17N3O2. The lowest BCUT2D eigenvalue weighted by atomic mass is 9.71. The predicted molar refractivity (Wildman–Crippen MR) is 57.8 cm³/mol. The minimum absolute atomic E-state index is 0.0908. The van der Waals surface area contributed by atoms with Gasteiger partial charge in [-0.05, 0) is 18.3 Å². The van der Waals surface area contributed by atoms with Crippen molar-refractivity contribution in [2.24, 2.45) is 5.41 Å². The van der Waals surface area contributed by atoms with Gasteiger partial charge in [-0.3, -0.25) is 4.79 Å². The molecule has 0 aliphatic heterocycles. The SMILES string of the molecule is O=C(O)CC1(Cn2cnnc2)CCCCC1. The standard InChI is InChI=1S/C11H17N3O2/c15-10(16)6-11(4-2-1-3-5-11)7-14-8-12-13-9-14/h8-9H,1-7H2,(H,15,16). The van der Waals surface area contributed by atoms with E-state index < -0.39 is 5.97 Å². The van der Waals surface area contributed by atoms with Crippen molar-refractivity contribution in [2.75, 3.05) is 0 Å². The molecule has 16 heavy (non-hydrogen) atoms. The van der Waals surface area contributed by atoms with E-state index in [1.807, 2.05) is 4.57 Å². The van der Waals surface area contributed by atoms with E-state index >= 15 is 0 Å². The summed E-state index contributed by atoms with van der Waals surface area (Å²) < 4.78 is 1.90. The Morgan fingerprint density at radius 2 is 1.88 bits per heavy atom. The lowest BCUT2D eigenvalue weighted by Crippen LogP contribution is -2.31. The van der Waals surface area contributed by atoms with E-state index in [9.17, 15) is 4.79 Å². The van der Waals surface area contributed by atoms with Crippen LogP contribution in [-0.2, 0) is 11.3 Å². The van der Waals surface area contributed by atoms with Gasteiger partial charge in [-0.2, -0.15) is 0 Å². The fourth-order valence-corrected chi connectivity index (χ4v) is 2.70. The van der Waals surface area contributed by atoms with Crippen LogP contribution >= 0.6 is 0 Å². The predicted octanol–water partition coefficient (Wildman–Crippen LogP) is 1.70. The van der Waals surface area contributed by atoms with E-state index in [1.165, 1.54) is 6.42 Å². The number of aromatic nitrogens is 3. The first-order valence-electron chi connectivity index (χ1n) is 5.74. The number of hydrogen-bond donors (Lipinski definition) is 1. The van der Waals surface area contributed by atoms with Crippen LogP contribution < -0.4 is 0 Å². The molecule has 0 spiro atoms. The van der Waals surface area contributed by atoms with Crippen molar-refractivity contribution < 1.29 is 9.90 Å². The molecule has 0 amide bonds. The summed E-state index contributed by atoms with van der Waals surface area (Å²) in [6.07, 6.45) is 9.07. The highest BCUT2D eigenvalue weighted by molar-refractivity contribution is 5.67. The molecule has 0 radical (unpaired) electrons. The van der Waals surface area contributed by atoms with Crippen molar-refractivity contribution in [1.82, 2.24) is 14.8 Å². The number of nitrogens with zero attached hydrogens (tertiary/aromatic N) is 3. The first-order valence-corrected chi connectivity index (χ1v) is 5.74. The summed E-state index contributed by atoms with van der Waals surface area (Å²) in [5, 5.41) is 16.5. The van der Waals surface area contributed by atoms with Crippen molar-refractivity contribution in [1.29, 1.82) is 0 Å². The molecule has 0 aromatic carbocycles. The second-order valence-corrected chi connectivity index (χ2v) is 4.77. The highest BCUT2D eigenvalue weighted by Gasteiger charge is 2.34. The van der Waals surface area contributed by atoms with Crippen LogP contribution in [0, 0.1) is 5.41 Å². The van der Waals surface area contributed by atoms with Crippen LogP contribution in [0.1, 0.15) is 38.5 Å². The zero-order chi connectivity index (χ0) is 11.4. The minimum atomic E-state index is -0.699. The molecule has 88 valence electrons. The fraction of sp³-hybridized carbons (Fsp3) is 0.727. The molecule has 0 saturated heterocycles. The van der Waals surface area contributed by atoms with Gasteiger partial charge in [0.05, 0.1) is 6.42 Å². The van der Waals surface area contributed by atoms with Gasteiger partial charge < -0.3 is 9.67 Å². The van der Waals surface area contributed by atoms with E-state index in [4.69, 9.17) is 5.11 Å². The summed E-state index contributed by atoms with van der Waals surface area (Å²) in [6, 6.07) is 0. The third-order valence-corrected chi connectivity index (χ3v) is 3.43. The average Bonchev–Trinajstić information content (AvgIpc) is 2.70. The number of aliphatic carboxylic acids is 1. The van der Waals surface area contributed by atoms with Gasteiger partial charge in [-0.1, -0.05) is 19.3 Å². The summed E-state index contributed by atoms with van der Waals surface area (Å²) in [4.78, 5) is 11.0. The van der Waals surface area contributed by atoms with Gasteiger partial charge >= 0.3 is 5.97 Å². The molecule has 0 unspecified atom stereocenters. The topological polar surface area (TPSA) is 68.0 Å². The van der Waals surface area contributed by atoms with E-state index in [2.05, 4.69) is 10.2 Å². The van der Waals surface area contributed by atoms with Gasteiger partial charge in [0.15, 0.2) is 0 Å². The van der Waals surface area contributed by atoms with Crippen molar-refractivity contribution in [3.05, 3.63) is 12.7 Å². The molecule has 0 atom stereocenters. The van der Waals surface area contributed by atoms with E-state index in [1.54, 1.807) is 12.7 Å². The Labute approximate surface area is 94.5 Å². The summed E-state index contributed by atoms with van der Waals surface area (Å²) in [5.41, 5.74) is -0.0908. The molecule has 1 N–H and O–H groups in total. The molecule has 5 nitrogen and oxygen atoms in total. The van der Waals surface area contributed by atoms with Crippen LogP contribution in [0.15, 0.2) is 12.7 Å². The molecule has 5 heteroatoms. The summed E-state index contributed by atoms with van der Waals surface area (Å²) in [5.74, 6) is -0.699. The first kappa shape index (κ1) is 11.1. The summed E-state index contributed by atoms with van der Waals surface area (Å²) >= 11 is 0. The van der Waals surface area contributed by atoms with Gasteiger partial charge in [-0.15, -0.1) is 10.2 Å². The molecule has 1 heterocycles. The van der Waals surface area contributed by atoms with Crippen LogP contribution in [0.4, 0.5) is 0 Å². The maximum atomic E-state index is 11.0. The Balaban J connectivity index is 2.09. The lowest BCUT2D eigenvalue weighted by molar-refractivity contribution is -0.140. The number of carbonyl (C=O) groups is 1. The van der Waals surface area contributed by atoms with Crippen molar-refractivity contribution in [2.45, 2.75) is 45.1 Å².